The fraction of sp³-hybridized carbons (Fsp3) is 0.154. The Morgan fingerprint density at radius 1 is 1.18 bits per heavy atom. The lowest BCUT2D eigenvalue weighted by atomic mass is 10.1. The Kier molecular flexibility index (Phi) is 4.21. The van der Waals surface area contributed by atoms with E-state index in [1.54, 1.807) is 29.5 Å². The van der Waals surface area contributed by atoms with Crippen LogP contribution < -0.4 is 0 Å². The molecule has 88 valence electrons. The van der Waals surface area contributed by atoms with Gasteiger partial charge in [-0.3, -0.25) is 4.79 Å². The SMILES string of the molecule is O=C(Cc1cccs1)Cc1cc(Cl)ccc1Cl. The van der Waals surface area contributed by atoms with E-state index in [0.717, 1.165) is 10.4 Å². The Labute approximate surface area is 114 Å². The van der Waals surface area contributed by atoms with Crippen molar-refractivity contribution in [1.82, 2.24) is 0 Å². The van der Waals surface area contributed by atoms with Gasteiger partial charge in [0.05, 0.1) is 0 Å². The Balaban J connectivity index is 2.05. The molecule has 0 N–H and O–H groups in total. The smallest absolute Gasteiger partial charge is 0.142 e. The summed E-state index contributed by atoms with van der Waals surface area (Å²) in [6, 6.07) is 9.09. The molecule has 0 saturated carbocycles. The maximum Gasteiger partial charge on any atom is 0.142 e. The van der Waals surface area contributed by atoms with Crippen LogP contribution in [-0.4, -0.2) is 5.78 Å². The molecule has 0 radical (unpaired) electrons. The summed E-state index contributed by atoms with van der Waals surface area (Å²) < 4.78 is 0. The molecule has 1 aromatic heterocycles. The van der Waals surface area contributed by atoms with E-state index >= 15 is 0 Å². The minimum Gasteiger partial charge on any atom is -0.299 e. The Bertz CT molecular complexity index is 520. The molecule has 1 heterocycles. The molecule has 0 aliphatic carbocycles. The number of hydrogen-bond acceptors (Lipinski definition) is 2. The van der Waals surface area contributed by atoms with Gasteiger partial charge in [0, 0.05) is 27.8 Å². The molecule has 0 fully saturated rings. The molecule has 0 atom stereocenters. The van der Waals surface area contributed by atoms with E-state index < -0.39 is 0 Å². The van der Waals surface area contributed by atoms with Crippen LogP contribution >= 0.6 is 34.5 Å². The zero-order chi connectivity index (χ0) is 12.3. The maximum absolute atomic E-state index is 11.8. The minimum atomic E-state index is 0.150. The highest BCUT2D eigenvalue weighted by Gasteiger charge is 2.09. The maximum atomic E-state index is 11.8. The van der Waals surface area contributed by atoms with Crippen molar-refractivity contribution >= 4 is 40.3 Å². The molecule has 0 spiro atoms. The summed E-state index contributed by atoms with van der Waals surface area (Å²) >= 11 is 13.5. The highest BCUT2D eigenvalue weighted by molar-refractivity contribution is 7.10. The first-order valence-corrected chi connectivity index (χ1v) is 6.77. The molecule has 0 bridgehead atoms. The highest BCUT2D eigenvalue weighted by Crippen LogP contribution is 2.22. The number of rotatable bonds is 4. The predicted molar refractivity (Wildman–Crippen MR) is 73.2 cm³/mol. The third kappa shape index (κ3) is 3.56. The third-order valence-electron chi connectivity index (χ3n) is 2.35. The van der Waals surface area contributed by atoms with Gasteiger partial charge in [-0.05, 0) is 35.2 Å². The lowest BCUT2D eigenvalue weighted by molar-refractivity contribution is -0.117. The Hall–Kier alpha value is -0.830. The van der Waals surface area contributed by atoms with Gasteiger partial charge in [0.25, 0.3) is 0 Å². The number of ketones is 1. The monoisotopic (exact) mass is 284 g/mol. The zero-order valence-corrected chi connectivity index (χ0v) is 11.3. The molecule has 17 heavy (non-hydrogen) atoms. The van der Waals surface area contributed by atoms with Gasteiger partial charge >= 0.3 is 0 Å². The van der Waals surface area contributed by atoms with Crippen LogP contribution in [0.15, 0.2) is 35.7 Å². The quantitative estimate of drug-likeness (QED) is 0.813. The number of Topliss-reactive ketones (excluding diaryl/α,β-unsaturated/α-hetero) is 1. The van der Waals surface area contributed by atoms with E-state index in [9.17, 15) is 4.79 Å². The van der Waals surface area contributed by atoms with Gasteiger partial charge in [-0.1, -0.05) is 29.3 Å². The van der Waals surface area contributed by atoms with Gasteiger partial charge in [-0.25, -0.2) is 0 Å². The molecule has 2 aromatic rings. The molecule has 2 rings (SSSR count). The molecular formula is C13H10Cl2OS. The summed E-state index contributed by atoms with van der Waals surface area (Å²) in [5.41, 5.74) is 0.792. The molecule has 0 amide bonds. The third-order valence-corrected chi connectivity index (χ3v) is 3.83. The first-order chi connectivity index (χ1) is 8.15. The zero-order valence-electron chi connectivity index (χ0n) is 8.95. The van der Waals surface area contributed by atoms with Gasteiger partial charge in [-0.2, -0.15) is 0 Å². The number of carbonyl (C=O) groups excluding carboxylic acids is 1. The summed E-state index contributed by atoms with van der Waals surface area (Å²) in [6.07, 6.45) is 0.789. The van der Waals surface area contributed by atoms with Crippen molar-refractivity contribution in [3.63, 3.8) is 0 Å². The van der Waals surface area contributed by atoms with Crippen LogP contribution in [0, 0.1) is 0 Å². The second-order valence-electron chi connectivity index (χ2n) is 3.71. The number of thiophene rings is 1. The van der Waals surface area contributed by atoms with Gasteiger partial charge in [0.2, 0.25) is 0 Å². The average Bonchev–Trinajstić information content (AvgIpc) is 2.76. The van der Waals surface area contributed by atoms with Crippen molar-refractivity contribution in [1.29, 1.82) is 0 Å². The summed E-state index contributed by atoms with van der Waals surface area (Å²) in [5.74, 6) is 0.150. The van der Waals surface area contributed by atoms with Gasteiger partial charge in [-0.15, -0.1) is 11.3 Å². The summed E-state index contributed by atoms with van der Waals surface area (Å²) in [6.45, 7) is 0. The Morgan fingerprint density at radius 2 is 2.00 bits per heavy atom. The molecule has 0 saturated heterocycles. The normalized spacial score (nSPS) is 10.5. The summed E-state index contributed by atoms with van der Waals surface area (Å²) in [4.78, 5) is 12.9. The number of halogens is 2. The average molecular weight is 285 g/mol. The van der Waals surface area contributed by atoms with Crippen LogP contribution in [0.25, 0.3) is 0 Å². The largest absolute Gasteiger partial charge is 0.299 e. The molecule has 1 nitrogen and oxygen atoms in total. The number of hydrogen-bond donors (Lipinski definition) is 0. The van der Waals surface area contributed by atoms with E-state index in [-0.39, 0.29) is 5.78 Å². The van der Waals surface area contributed by atoms with E-state index in [4.69, 9.17) is 23.2 Å². The van der Waals surface area contributed by atoms with Crippen LogP contribution in [0.5, 0.6) is 0 Å². The van der Waals surface area contributed by atoms with Gasteiger partial charge in [0.1, 0.15) is 5.78 Å². The first kappa shape index (κ1) is 12.6. The lowest BCUT2D eigenvalue weighted by Crippen LogP contribution is -2.05. The molecule has 4 heteroatoms. The van der Waals surface area contributed by atoms with Crippen LogP contribution in [0.4, 0.5) is 0 Å². The second kappa shape index (κ2) is 5.67. The van der Waals surface area contributed by atoms with Crippen LogP contribution in [0.3, 0.4) is 0 Å². The van der Waals surface area contributed by atoms with E-state index in [1.807, 2.05) is 17.5 Å². The number of benzene rings is 1. The van der Waals surface area contributed by atoms with Gasteiger partial charge < -0.3 is 0 Å². The van der Waals surface area contributed by atoms with Crippen LogP contribution in [0.1, 0.15) is 10.4 Å². The molecule has 0 aliphatic heterocycles. The van der Waals surface area contributed by atoms with Crippen molar-refractivity contribution in [2.45, 2.75) is 12.8 Å². The number of carbonyl (C=O) groups is 1. The summed E-state index contributed by atoms with van der Waals surface area (Å²) in [5, 5.41) is 3.16. The molecule has 0 aliphatic rings. The fourth-order valence-electron chi connectivity index (χ4n) is 1.56. The van der Waals surface area contributed by atoms with Crippen molar-refractivity contribution in [2.75, 3.05) is 0 Å². The Morgan fingerprint density at radius 3 is 2.71 bits per heavy atom. The van der Waals surface area contributed by atoms with Crippen molar-refractivity contribution < 1.29 is 4.79 Å². The summed E-state index contributed by atoms with van der Waals surface area (Å²) in [7, 11) is 0. The highest BCUT2D eigenvalue weighted by atomic mass is 35.5. The molecular weight excluding hydrogens is 275 g/mol. The first-order valence-electron chi connectivity index (χ1n) is 5.13. The van der Waals surface area contributed by atoms with E-state index in [2.05, 4.69) is 0 Å². The van der Waals surface area contributed by atoms with Crippen molar-refractivity contribution in [3.05, 3.63) is 56.2 Å². The molecule has 0 unspecified atom stereocenters. The lowest BCUT2D eigenvalue weighted by Gasteiger charge is -2.03. The van der Waals surface area contributed by atoms with Crippen LogP contribution in [-0.2, 0) is 17.6 Å². The van der Waals surface area contributed by atoms with E-state index in [1.165, 1.54) is 0 Å². The van der Waals surface area contributed by atoms with Gasteiger partial charge in [0.15, 0.2) is 0 Å². The fourth-order valence-corrected chi connectivity index (χ4v) is 2.67. The van der Waals surface area contributed by atoms with Crippen LogP contribution in [0.2, 0.25) is 10.0 Å². The topological polar surface area (TPSA) is 17.1 Å². The van der Waals surface area contributed by atoms with Crippen molar-refractivity contribution in [3.8, 4) is 0 Å². The second-order valence-corrected chi connectivity index (χ2v) is 5.58. The molecule has 1 aromatic carbocycles. The van der Waals surface area contributed by atoms with Crippen molar-refractivity contribution in [2.24, 2.45) is 0 Å². The standard InChI is InChI=1S/C13H10Cl2OS/c14-10-3-4-13(15)9(6-10)7-11(16)8-12-2-1-5-17-12/h1-6H,7-8H2. The minimum absolute atomic E-state index is 0.150. The predicted octanol–water partition coefficient (Wildman–Crippen LogP) is 4.41. The van der Waals surface area contributed by atoms with E-state index in [0.29, 0.717) is 22.9 Å².